The Morgan fingerprint density at radius 3 is 1.75 bits per heavy atom. The van der Waals surface area contributed by atoms with Gasteiger partial charge in [-0.3, -0.25) is 0 Å². The van der Waals surface area contributed by atoms with Crippen molar-refractivity contribution in [2.75, 3.05) is 19.5 Å². The van der Waals surface area contributed by atoms with Crippen LogP contribution in [0, 0.1) is 6.42 Å². The number of halogens is 3. The Kier molecular flexibility index (Phi) is 29.5. The van der Waals surface area contributed by atoms with Crippen molar-refractivity contribution in [3.63, 3.8) is 0 Å². The van der Waals surface area contributed by atoms with E-state index in [0.717, 1.165) is 0 Å². The molecule has 0 saturated heterocycles. The molecule has 0 heterocycles. The van der Waals surface area contributed by atoms with Crippen molar-refractivity contribution in [3.05, 3.63) is 72.6 Å². The molecule has 20 heavy (non-hydrogen) atoms. The second kappa shape index (κ2) is 20.2. The van der Waals surface area contributed by atoms with Crippen molar-refractivity contribution in [2.45, 2.75) is 0 Å². The molecule has 111 valence electrons. The fourth-order valence-electron chi connectivity index (χ4n) is 1.20. The van der Waals surface area contributed by atoms with Crippen LogP contribution in [-0.4, -0.2) is 19.5 Å². The maximum absolute atomic E-state index is 2.31. The van der Waals surface area contributed by atoms with E-state index in [9.17, 15) is 0 Å². The van der Waals surface area contributed by atoms with Crippen LogP contribution in [0.1, 0.15) is 5.56 Å². The molecule has 0 aromatic heterocycles. The molecule has 2 aromatic carbocycles. The van der Waals surface area contributed by atoms with Gasteiger partial charge in [-0.15, -0.1) is 20.1 Å². The van der Waals surface area contributed by atoms with E-state index in [4.69, 9.17) is 0 Å². The molecule has 2 aromatic rings. The van der Waals surface area contributed by atoms with Gasteiger partial charge in [-0.05, 0) is 13.3 Å². The number of benzene rings is 1. The Hall–Kier alpha value is 1.19. The summed E-state index contributed by atoms with van der Waals surface area (Å²) >= 11 is 0. The maximum atomic E-state index is 2.31. The van der Waals surface area contributed by atoms with Crippen molar-refractivity contribution in [3.8, 4) is 0 Å². The summed E-state index contributed by atoms with van der Waals surface area (Å²) in [5.41, 5.74) is 1.35. The first-order valence-electron chi connectivity index (χ1n) is 5.48. The van der Waals surface area contributed by atoms with Gasteiger partial charge in [-0.25, -0.2) is 12.1 Å². The molecule has 0 unspecified atom stereocenters. The number of hydrogen-bond donors (Lipinski definition) is 0. The Morgan fingerprint density at radius 1 is 0.900 bits per heavy atom. The summed E-state index contributed by atoms with van der Waals surface area (Å²) in [4.78, 5) is 0. The molecule has 0 saturated carbocycles. The van der Waals surface area contributed by atoms with Gasteiger partial charge in [0.2, 0.25) is 0 Å². The zero-order valence-electron chi connectivity index (χ0n) is 11.6. The predicted molar refractivity (Wildman–Crippen MR) is 75.5 cm³/mol. The molecule has 0 aliphatic carbocycles. The van der Waals surface area contributed by atoms with Crippen molar-refractivity contribution in [1.29, 1.82) is 0 Å². The third-order valence-electron chi connectivity index (χ3n) is 2.05. The van der Waals surface area contributed by atoms with Gasteiger partial charge in [0.1, 0.15) is 0 Å². The van der Waals surface area contributed by atoms with Crippen molar-refractivity contribution < 1.29 is 77.1 Å². The largest absolute Gasteiger partial charge is 3.00 e. The first-order chi connectivity index (χ1) is 7.79. The molecule has 2 rings (SSSR count). The van der Waals surface area contributed by atoms with Gasteiger partial charge in [0.15, 0.2) is 0 Å². The molecule has 0 aliphatic heterocycles. The van der Waals surface area contributed by atoms with Gasteiger partial charge in [-0.2, -0.15) is 42.3 Å². The normalized spacial score (nSPS) is 7.55. The van der Waals surface area contributed by atoms with Gasteiger partial charge >= 0.3 is 26.2 Å². The van der Waals surface area contributed by atoms with Crippen molar-refractivity contribution in [1.82, 2.24) is 0 Å². The molecule has 5 heteroatoms. The van der Waals surface area contributed by atoms with E-state index < -0.39 is 0 Å². The summed E-state index contributed by atoms with van der Waals surface area (Å²) in [6, 6.07) is 20.5. The monoisotopic (exact) mass is 557 g/mol. The molecule has 0 aliphatic rings. The van der Waals surface area contributed by atoms with Crippen molar-refractivity contribution in [2.24, 2.45) is 0 Å². The second-order valence-electron chi connectivity index (χ2n) is 3.84. The Morgan fingerprint density at radius 2 is 1.40 bits per heavy atom. The van der Waals surface area contributed by atoms with E-state index in [2.05, 4.69) is 50.1 Å². The standard InChI is InChI=1S/C10H14P.C5H5.3BrH.Zr/c1-11(2)9-8-10-6-4-3-5-7-10;1-2-4-5-3-1;;;;/h3-8H,9H2,1-2H3;1-5H;3*1H;/q2*-1;;;;+3/p-3. The number of rotatable bonds is 3. The third-order valence-corrected chi connectivity index (χ3v) is 2.96. The van der Waals surface area contributed by atoms with E-state index in [1.165, 1.54) is 11.7 Å². The molecular weight excluding hydrogens is 542 g/mol. The Bertz CT molecular complexity index is 335. The quantitative estimate of drug-likeness (QED) is 0.262. The third kappa shape index (κ3) is 17.2. The summed E-state index contributed by atoms with van der Waals surface area (Å²) in [5.74, 6) is 0. The molecule has 0 bridgehead atoms. The molecule has 0 nitrogen and oxygen atoms in total. The summed E-state index contributed by atoms with van der Waals surface area (Å²) in [6.45, 7) is 4.60. The van der Waals surface area contributed by atoms with Crippen molar-refractivity contribution >= 4 is 7.92 Å². The molecule has 0 fully saturated rings. The van der Waals surface area contributed by atoms with Crippen LogP contribution in [0.4, 0.5) is 0 Å². The van der Waals surface area contributed by atoms with Crippen LogP contribution in [0.5, 0.6) is 0 Å². The zero-order chi connectivity index (χ0) is 11.6. The summed E-state index contributed by atoms with van der Waals surface area (Å²) in [5, 5.41) is 0. The molecular formula is C15H19Br3PZr-2. The predicted octanol–water partition coefficient (Wildman–Crippen LogP) is -4.60. The fourth-order valence-corrected chi connectivity index (χ4v) is 1.77. The van der Waals surface area contributed by atoms with Crippen LogP contribution in [-0.2, 0) is 26.2 Å². The van der Waals surface area contributed by atoms with Gasteiger partial charge in [0.05, 0.1) is 0 Å². The van der Waals surface area contributed by atoms with Crippen LogP contribution in [0.3, 0.4) is 0 Å². The molecule has 0 spiro atoms. The van der Waals surface area contributed by atoms with Crippen LogP contribution < -0.4 is 50.9 Å². The Balaban J connectivity index is -0.000000124. The van der Waals surface area contributed by atoms with Gasteiger partial charge < -0.3 is 50.9 Å². The second-order valence-corrected chi connectivity index (χ2v) is 6.36. The fraction of sp³-hybridized carbons (Fsp3) is 0.200. The van der Waals surface area contributed by atoms with Crippen LogP contribution >= 0.6 is 7.92 Å². The van der Waals surface area contributed by atoms with Crippen LogP contribution in [0.15, 0.2) is 60.7 Å². The minimum absolute atomic E-state index is 0. The van der Waals surface area contributed by atoms with E-state index in [0.29, 0.717) is 0 Å². The molecule has 0 N–H and O–H groups in total. The topological polar surface area (TPSA) is 0 Å². The first kappa shape index (κ1) is 29.2. The van der Waals surface area contributed by atoms with Gasteiger partial charge in [0, 0.05) is 0 Å². The van der Waals surface area contributed by atoms with Gasteiger partial charge in [-0.1, -0.05) is 12.2 Å². The minimum atomic E-state index is 0. The van der Waals surface area contributed by atoms with E-state index >= 15 is 0 Å². The summed E-state index contributed by atoms with van der Waals surface area (Å²) < 4.78 is 0. The zero-order valence-corrected chi connectivity index (χ0v) is 19.7. The SMILES string of the molecule is CP(C)C[CH-]c1ccccc1.[Br-].[Br-].[Br-].[Zr+3].c1cc[cH-]c1. The van der Waals surface area contributed by atoms with E-state index in [-0.39, 0.29) is 85.1 Å². The van der Waals surface area contributed by atoms with Gasteiger partial charge in [0.25, 0.3) is 0 Å². The first-order valence-corrected chi connectivity index (χ1v) is 7.91. The smallest absolute Gasteiger partial charge is 1.00 e. The average molecular weight is 561 g/mol. The minimum Gasteiger partial charge on any atom is -1.00 e. The maximum Gasteiger partial charge on any atom is 3.00 e. The average Bonchev–Trinajstić information content (AvgIpc) is 2.86. The van der Waals surface area contributed by atoms with E-state index in [1.807, 2.05) is 30.3 Å². The summed E-state index contributed by atoms with van der Waals surface area (Å²) in [7, 11) is 0.220. The summed E-state index contributed by atoms with van der Waals surface area (Å²) in [6.07, 6.45) is 3.55. The molecule has 0 atom stereocenters. The molecule has 0 amide bonds. The molecule has 1 radical (unpaired) electrons. The van der Waals surface area contributed by atoms with Crippen LogP contribution in [0.2, 0.25) is 0 Å². The number of hydrogen-bond acceptors (Lipinski definition) is 0. The Labute approximate surface area is 175 Å². The van der Waals surface area contributed by atoms with Crippen LogP contribution in [0.25, 0.3) is 0 Å². The van der Waals surface area contributed by atoms with E-state index in [1.54, 1.807) is 0 Å².